The van der Waals surface area contributed by atoms with Gasteiger partial charge in [0.1, 0.15) is 5.82 Å². The number of nitrogens with one attached hydrogen (secondary N) is 2. The van der Waals surface area contributed by atoms with Gasteiger partial charge in [-0.15, -0.1) is 0 Å². The lowest BCUT2D eigenvalue weighted by Crippen LogP contribution is -2.30. The van der Waals surface area contributed by atoms with Crippen LogP contribution in [-0.4, -0.2) is 27.2 Å². The molecule has 3 aliphatic rings. The largest absolute Gasteiger partial charge is 0.355 e. The first-order valence-corrected chi connectivity index (χ1v) is 8.92. The van der Waals surface area contributed by atoms with Gasteiger partial charge in [0.2, 0.25) is 5.91 Å². The minimum absolute atomic E-state index is 0.275. The Bertz CT molecular complexity index is 633. The molecule has 1 aromatic heterocycles. The fourth-order valence-electron chi connectivity index (χ4n) is 5.14. The summed E-state index contributed by atoms with van der Waals surface area (Å²) in [5, 5.41) is 10.3. The normalized spacial score (nSPS) is 35.0. The van der Waals surface area contributed by atoms with E-state index in [1.807, 2.05) is 4.57 Å². The molecule has 22 heavy (non-hydrogen) atoms. The van der Waals surface area contributed by atoms with Gasteiger partial charge in [-0.3, -0.25) is 9.89 Å². The Morgan fingerprint density at radius 2 is 2.09 bits per heavy atom. The molecule has 3 fully saturated rings. The number of H-pyrrole nitrogens is 1. The SMILES string of the molecule is CC(C)n1c(CCNC(=O)C2[C@H]3[C@H]4CC[C@@H](C4)[C@H]23)n[nH]c1=S. The molecule has 0 spiro atoms. The van der Waals surface area contributed by atoms with E-state index in [0.717, 1.165) is 24.1 Å². The fraction of sp³-hybridized carbons (Fsp3) is 0.812. The topological polar surface area (TPSA) is 62.7 Å². The first kappa shape index (κ1) is 14.4. The van der Waals surface area contributed by atoms with Crippen LogP contribution in [0.2, 0.25) is 0 Å². The van der Waals surface area contributed by atoms with E-state index in [1.54, 1.807) is 0 Å². The predicted molar refractivity (Wildman–Crippen MR) is 85.8 cm³/mol. The van der Waals surface area contributed by atoms with Gasteiger partial charge in [0.25, 0.3) is 0 Å². The highest BCUT2D eigenvalue weighted by atomic mass is 32.1. The minimum Gasteiger partial charge on any atom is -0.355 e. The van der Waals surface area contributed by atoms with Gasteiger partial charge in [-0.2, -0.15) is 5.10 Å². The number of carbonyl (C=O) groups is 1. The average Bonchev–Trinajstić information content (AvgIpc) is 2.78. The van der Waals surface area contributed by atoms with Crippen LogP contribution in [0.5, 0.6) is 0 Å². The van der Waals surface area contributed by atoms with E-state index in [9.17, 15) is 4.79 Å². The Morgan fingerprint density at radius 1 is 1.41 bits per heavy atom. The summed E-state index contributed by atoms with van der Waals surface area (Å²) in [6.07, 6.45) is 4.84. The number of fused-ring (bicyclic) bond motifs is 5. The van der Waals surface area contributed by atoms with Crippen molar-refractivity contribution >= 4 is 18.1 Å². The smallest absolute Gasteiger partial charge is 0.223 e. The van der Waals surface area contributed by atoms with Crippen molar-refractivity contribution in [3.63, 3.8) is 0 Å². The van der Waals surface area contributed by atoms with E-state index in [1.165, 1.54) is 19.3 Å². The molecule has 1 amide bonds. The summed E-state index contributed by atoms with van der Waals surface area (Å²) in [4.78, 5) is 12.4. The standard InChI is InChI=1S/C16H24N4OS/c1-8(2)20-11(18-19-16(20)22)5-6-17-15(21)14-12-9-3-4-10(7-9)13(12)14/h8-10,12-14H,3-7H2,1-2H3,(H,17,21)(H,19,22)/t9-,10-,12-,13-/m0/s1. The maximum atomic E-state index is 12.4. The van der Waals surface area contributed by atoms with Crippen molar-refractivity contribution in [2.45, 2.75) is 45.6 Å². The molecule has 6 heteroatoms. The number of rotatable bonds is 5. The Balaban J connectivity index is 1.31. The Kier molecular flexibility index (Phi) is 3.40. The van der Waals surface area contributed by atoms with Crippen LogP contribution in [0.25, 0.3) is 0 Å². The van der Waals surface area contributed by atoms with Crippen LogP contribution in [0.15, 0.2) is 0 Å². The molecular weight excluding hydrogens is 296 g/mol. The van der Waals surface area contributed by atoms with E-state index < -0.39 is 0 Å². The summed E-state index contributed by atoms with van der Waals surface area (Å²) in [7, 11) is 0. The lowest BCUT2D eigenvalue weighted by atomic mass is 10.0. The van der Waals surface area contributed by atoms with E-state index >= 15 is 0 Å². The molecule has 0 aliphatic heterocycles. The van der Waals surface area contributed by atoms with Crippen LogP contribution in [0.1, 0.15) is 45.0 Å². The molecule has 2 N–H and O–H groups in total. The van der Waals surface area contributed by atoms with Crippen molar-refractivity contribution in [1.29, 1.82) is 0 Å². The maximum absolute atomic E-state index is 12.4. The van der Waals surface area contributed by atoms with Gasteiger partial charge in [0.15, 0.2) is 4.77 Å². The van der Waals surface area contributed by atoms with Crippen molar-refractivity contribution in [3.05, 3.63) is 10.6 Å². The fourth-order valence-corrected chi connectivity index (χ4v) is 5.50. The quantitative estimate of drug-likeness (QED) is 0.819. The summed E-state index contributed by atoms with van der Waals surface area (Å²) in [5.41, 5.74) is 0. The van der Waals surface area contributed by atoms with Gasteiger partial charge >= 0.3 is 0 Å². The van der Waals surface area contributed by atoms with Gasteiger partial charge in [-0.1, -0.05) is 0 Å². The summed E-state index contributed by atoms with van der Waals surface area (Å²) in [6.45, 7) is 4.83. The molecule has 5 nitrogen and oxygen atoms in total. The molecule has 3 aliphatic carbocycles. The molecule has 0 saturated heterocycles. The maximum Gasteiger partial charge on any atom is 0.223 e. The molecule has 1 aromatic rings. The lowest BCUT2D eigenvalue weighted by Gasteiger charge is -2.12. The van der Waals surface area contributed by atoms with Gasteiger partial charge < -0.3 is 9.88 Å². The third-order valence-electron chi connectivity index (χ3n) is 5.98. The van der Waals surface area contributed by atoms with Gasteiger partial charge in [0, 0.05) is 24.9 Å². The van der Waals surface area contributed by atoms with Gasteiger partial charge in [-0.05, 0) is 69.0 Å². The highest BCUT2D eigenvalue weighted by Crippen LogP contribution is 2.69. The van der Waals surface area contributed by atoms with E-state index in [0.29, 0.717) is 29.1 Å². The number of carbonyl (C=O) groups excluding carboxylic acids is 1. The summed E-state index contributed by atoms with van der Waals surface area (Å²) < 4.78 is 2.68. The highest BCUT2D eigenvalue weighted by molar-refractivity contribution is 7.71. The van der Waals surface area contributed by atoms with Crippen LogP contribution in [0.3, 0.4) is 0 Å². The second kappa shape index (κ2) is 5.18. The van der Waals surface area contributed by atoms with Crippen molar-refractivity contribution in [2.75, 3.05) is 6.54 Å². The third-order valence-corrected chi connectivity index (χ3v) is 6.27. The monoisotopic (exact) mass is 320 g/mol. The third kappa shape index (κ3) is 2.14. The summed E-state index contributed by atoms with van der Waals surface area (Å²) >= 11 is 5.25. The lowest BCUT2D eigenvalue weighted by molar-refractivity contribution is -0.123. The highest BCUT2D eigenvalue weighted by Gasteiger charge is 2.67. The molecule has 0 unspecified atom stereocenters. The zero-order valence-electron chi connectivity index (χ0n) is 13.2. The Labute approximate surface area is 135 Å². The number of hydrogen-bond acceptors (Lipinski definition) is 3. The van der Waals surface area contributed by atoms with E-state index in [-0.39, 0.29) is 11.9 Å². The minimum atomic E-state index is 0.275. The molecule has 0 radical (unpaired) electrons. The summed E-state index contributed by atoms with van der Waals surface area (Å²) in [5.74, 6) is 4.64. The van der Waals surface area contributed by atoms with Gasteiger partial charge in [0.05, 0.1) is 0 Å². The predicted octanol–water partition coefficient (Wildman–Crippen LogP) is 2.47. The average molecular weight is 320 g/mol. The second-order valence-corrected chi connectivity index (χ2v) is 7.85. The summed E-state index contributed by atoms with van der Waals surface area (Å²) in [6, 6.07) is 0.287. The Morgan fingerprint density at radius 3 is 2.73 bits per heavy atom. The molecule has 2 bridgehead atoms. The van der Waals surface area contributed by atoms with Crippen molar-refractivity contribution in [1.82, 2.24) is 20.1 Å². The molecule has 0 aromatic carbocycles. The number of aromatic amines is 1. The van der Waals surface area contributed by atoms with E-state index in [4.69, 9.17) is 12.2 Å². The second-order valence-electron chi connectivity index (χ2n) is 7.46. The first-order chi connectivity index (χ1) is 10.6. The van der Waals surface area contributed by atoms with Crippen molar-refractivity contribution in [2.24, 2.45) is 29.6 Å². The van der Waals surface area contributed by atoms with Crippen LogP contribution < -0.4 is 5.32 Å². The number of nitrogens with zero attached hydrogens (tertiary/aromatic N) is 2. The number of aromatic nitrogens is 3. The van der Waals surface area contributed by atoms with Crippen LogP contribution >= 0.6 is 12.2 Å². The molecule has 120 valence electrons. The number of amides is 1. The molecule has 1 heterocycles. The molecule has 4 rings (SSSR count). The van der Waals surface area contributed by atoms with E-state index in [2.05, 4.69) is 29.4 Å². The van der Waals surface area contributed by atoms with Crippen molar-refractivity contribution in [3.8, 4) is 0 Å². The first-order valence-electron chi connectivity index (χ1n) is 8.51. The zero-order chi connectivity index (χ0) is 15.4. The van der Waals surface area contributed by atoms with Gasteiger partial charge in [-0.25, -0.2) is 0 Å². The van der Waals surface area contributed by atoms with Crippen LogP contribution in [-0.2, 0) is 11.2 Å². The zero-order valence-corrected chi connectivity index (χ0v) is 14.0. The Hall–Kier alpha value is -1.17. The van der Waals surface area contributed by atoms with Crippen LogP contribution in [0.4, 0.5) is 0 Å². The van der Waals surface area contributed by atoms with Crippen LogP contribution in [0, 0.1) is 34.4 Å². The van der Waals surface area contributed by atoms with Crippen molar-refractivity contribution < 1.29 is 4.79 Å². The molecule has 3 saturated carbocycles. The molecular formula is C16H24N4OS. The molecule has 4 atom stereocenters. The number of hydrogen-bond donors (Lipinski definition) is 2.